The maximum absolute atomic E-state index is 12.1. The van der Waals surface area contributed by atoms with Crippen LogP contribution >= 0.6 is 11.8 Å². The van der Waals surface area contributed by atoms with Crippen LogP contribution in [0.2, 0.25) is 0 Å². The Hall–Kier alpha value is -2.59. The summed E-state index contributed by atoms with van der Waals surface area (Å²) < 4.78 is 12.7. The molecule has 1 N–H and O–H groups in total. The van der Waals surface area contributed by atoms with Crippen LogP contribution in [0.25, 0.3) is 0 Å². The molecular formula is C27H42N4O5S. The second kappa shape index (κ2) is 15.6. The van der Waals surface area contributed by atoms with Crippen molar-refractivity contribution in [3.05, 3.63) is 50.8 Å². The summed E-state index contributed by atoms with van der Waals surface area (Å²) in [4.78, 5) is 36.8. The Morgan fingerprint density at radius 3 is 2.35 bits per heavy atom. The average Bonchev–Trinajstić information content (AvgIpc) is 2.87. The van der Waals surface area contributed by atoms with Gasteiger partial charge < -0.3 is 14.8 Å². The highest BCUT2D eigenvalue weighted by Crippen LogP contribution is 2.34. The number of carbonyl (C=O) groups is 1. The highest BCUT2D eigenvalue weighted by molar-refractivity contribution is 8.01. The van der Waals surface area contributed by atoms with E-state index in [1.54, 1.807) is 7.05 Å². The fourth-order valence-corrected chi connectivity index (χ4v) is 4.75. The van der Waals surface area contributed by atoms with Crippen LogP contribution in [0, 0.1) is 0 Å². The van der Waals surface area contributed by atoms with E-state index >= 15 is 0 Å². The van der Waals surface area contributed by atoms with Crippen molar-refractivity contribution < 1.29 is 14.3 Å². The third kappa shape index (κ3) is 10.4. The van der Waals surface area contributed by atoms with Gasteiger partial charge in [-0.1, -0.05) is 19.3 Å². The summed E-state index contributed by atoms with van der Waals surface area (Å²) in [7, 11) is 3.06. The Labute approximate surface area is 223 Å². The first kappa shape index (κ1) is 30.6. The second-order valence-electron chi connectivity index (χ2n) is 9.49. The molecule has 0 aliphatic carbocycles. The topological polar surface area (TPSA) is 104 Å². The van der Waals surface area contributed by atoms with Crippen LogP contribution in [-0.4, -0.2) is 51.4 Å². The minimum Gasteiger partial charge on any atom is -0.494 e. The van der Waals surface area contributed by atoms with Gasteiger partial charge in [-0.3, -0.25) is 14.2 Å². The normalized spacial score (nSPS) is 11.5. The number of unbranched alkanes of at least 4 members (excludes halogenated alkanes) is 4. The molecule has 1 aromatic heterocycles. The molecule has 37 heavy (non-hydrogen) atoms. The van der Waals surface area contributed by atoms with Gasteiger partial charge in [0.05, 0.1) is 13.2 Å². The van der Waals surface area contributed by atoms with Crippen molar-refractivity contribution in [3.8, 4) is 5.75 Å². The predicted octanol–water partition coefficient (Wildman–Crippen LogP) is 3.46. The standard InChI is InChI=1S/C27H42N4O5S/c1-6-35-25(33)27(2,3)37-22-16-14-21(15-17-22)36-20-12-19-28-18-11-9-7-8-10-13-23-24(32)30(4)26(34)31(5)29-23/h14-17,28H,6-13,18-20H2,1-5H3. The van der Waals surface area contributed by atoms with E-state index in [-0.39, 0.29) is 11.5 Å². The highest BCUT2D eigenvalue weighted by Gasteiger charge is 2.30. The number of aryl methyl sites for hydroxylation is 2. The van der Waals surface area contributed by atoms with Gasteiger partial charge in [0, 0.05) is 19.0 Å². The first-order valence-electron chi connectivity index (χ1n) is 13.1. The molecule has 0 bridgehead atoms. The van der Waals surface area contributed by atoms with Gasteiger partial charge in [0.15, 0.2) is 0 Å². The zero-order valence-corrected chi connectivity index (χ0v) is 23.7. The van der Waals surface area contributed by atoms with Gasteiger partial charge in [0.25, 0.3) is 5.56 Å². The predicted molar refractivity (Wildman–Crippen MR) is 148 cm³/mol. The molecule has 0 spiro atoms. The van der Waals surface area contributed by atoms with Gasteiger partial charge in [-0.15, -0.1) is 11.8 Å². The van der Waals surface area contributed by atoms with E-state index in [9.17, 15) is 14.4 Å². The van der Waals surface area contributed by atoms with Crippen LogP contribution in [0.1, 0.15) is 65.0 Å². The van der Waals surface area contributed by atoms with Gasteiger partial charge in [-0.25, -0.2) is 9.48 Å². The molecule has 0 amide bonds. The zero-order chi connectivity index (χ0) is 27.3. The molecule has 0 unspecified atom stereocenters. The van der Waals surface area contributed by atoms with E-state index in [1.165, 1.54) is 23.5 Å². The summed E-state index contributed by atoms with van der Waals surface area (Å²) in [6.45, 7) is 8.46. The molecule has 9 nitrogen and oxygen atoms in total. The van der Waals surface area contributed by atoms with Crippen molar-refractivity contribution in [2.75, 3.05) is 26.3 Å². The van der Waals surface area contributed by atoms with E-state index in [2.05, 4.69) is 10.4 Å². The fraction of sp³-hybridized carbons (Fsp3) is 0.630. The van der Waals surface area contributed by atoms with Crippen LogP contribution in [0.15, 0.2) is 38.8 Å². The Kier molecular flexibility index (Phi) is 12.9. The zero-order valence-electron chi connectivity index (χ0n) is 22.9. The molecule has 1 heterocycles. The molecule has 2 aromatic rings. The fourth-order valence-electron chi connectivity index (χ4n) is 3.75. The molecule has 0 aliphatic rings. The highest BCUT2D eigenvalue weighted by atomic mass is 32.2. The quantitative estimate of drug-likeness (QED) is 0.187. The number of ether oxygens (including phenoxy) is 2. The lowest BCUT2D eigenvalue weighted by molar-refractivity contribution is -0.145. The molecule has 0 radical (unpaired) electrons. The third-order valence-corrected chi connectivity index (χ3v) is 7.07. The van der Waals surface area contributed by atoms with Crippen molar-refractivity contribution in [1.82, 2.24) is 19.7 Å². The first-order valence-corrected chi connectivity index (χ1v) is 13.9. The number of aromatic nitrogens is 3. The molecule has 1 aromatic carbocycles. The number of carbonyl (C=O) groups excluding carboxylic acids is 1. The minimum absolute atomic E-state index is 0.211. The van der Waals surface area contributed by atoms with Gasteiger partial charge >= 0.3 is 11.7 Å². The molecule has 10 heteroatoms. The minimum atomic E-state index is -0.633. The molecule has 0 saturated heterocycles. The van der Waals surface area contributed by atoms with Crippen LogP contribution in [0.4, 0.5) is 0 Å². The summed E-state index contributed by atoms with van der Waals surface area (Å²) in [5.41, 5.74) is -0.224. The molecule has 0 aliphatic heterocycles. The van der Waals surface area contributed by atoms with Gasteiger partial charge in [0.1, 0.15) is 16.2 Å². The molecule has 2 rings (SSSR count). The van der Waals surface area contributed by atoms with Crippen molar-refractivity contribution in [1.29, 1.82) is 0 Å². The number of hydrogen-bond acceptors (Lipinski definition) is 8. The summed E-state index contributed by atoms with van der Waals surface area (Å²) in [5, 5.41) is 7.55. The van der Waals surface area contributed by atoms with Crippen molar-refractivity contribution in [2.45, 2.75) is 75.4 Å². The van der Waals surface area contributed by atoms with Crippen LogP contribution in [-0.2, 0) is 30.0 Å². The van der Waals surface area contributed by atoms with Gasteiger partial charge in [-0.05, 0) is 83.8 Å². The Morgan fingerprint density at radius 1 is 1.00 bits per heavy atom. The number of benzene rings is 1. The lowest BCUT2D eigenvalue weighted by Crippen LogP contribution is -2.40. The Balaban J connectivity index is 1.50. The molecular weight excluding hydrogens is 492 g/mol. The molecule has 0 saturated carbocycles. The second-order valence-corrected chi connectivity index (χ2v) is 11.2. The number of rotatable bonds is 17. The summed E-state index contributed by atoms with van der Waals surface area (Å²) in [5.74, 6) is 0.612. The van der Waals surface area contributed by atoms with Crippen molar-refractivity contribution in [2.24, 2.45) is 14.1 Å². The van der Waals surface area contributed by atoms with E-state index in [0.717, 1.165) is 66.8 Å². The van der Waals surface area contributed by atoms with Crippen LogP contribution in [0.3, 0.4) is 0 Å². The van der Waals surface area contributed by atoms with E-state index < -0.39 is 10.4 Å². The lowest BCUT2D eigenvalue weighted by atomic mass is 10.1. The number of esters is 1. The maximum Gasteiger partial charge on any atom is 0.346 e. The Bertz CT molecular complexity index is 1100. The van der Waals surface area contributed by atoms with E-state index in [1.807, 2.05) is 45.0 Å². The number of thioether (sulfide) groups is 1. The summed E-state index contributed by atoms with van der Waals surface area (Å²) in [6.07, 6.45) is 6.83. The van der Waals surface area contributed by atoms with Crippen molar-refractivity contribution >= 4 is 17.7 Å². The first-order chi connectivity index (χ1) is 17.7. The van der Waals surface area contributed by atoms with E-state index in [4.69, 9.17) is 9.47 Å². The van der Waals surface area contributed by atoms with Crippen LogP contribution < -0.4 is 21.3 Å². The number of nitrogens with zero attached hydrogens (tertiary/aromatic N) is 3. The molecule has 0 atom stereocenters. The maximum atomic E-state index is 12.1. The number of hydrogen-bond donors (Lipinski definition) is 1. The number of nitrogens with one attached hydrogen (secondary N) is 1. The molecule has 0 fully saturated rings. The summed E-state index contributed by atoms with van der Waals surface area (Å²) in [6, 6.07) is 7.81. The lowest BCUT2D eigenvalue weighted by Gasteiger charge is -2.21. The van der Waals surface area contributed by atoms with Crippen LogP contribution in [0.5, 0.6) is 5.75 Å². The average molecular weight is 535 g/mol. The largest absolute Gasteiger partial charge is 0.494 e. The van der Waals surface area contributed by atoms with Crippen molar-refractivity contribution in [3.63, 3.8) is 0 Å². The van der Waals surface area contributed by atoms with Gasteiger partial charge in [0.2, 0.25) is 0 Å². The smallest absolute Gasteiger partial charge is 0.346 e. The third-order valence-electron chi connectivity index (χ3n) is 5.88. The van der Waals surface area contributed by atoms with E-state index in [0.29, 0.717) is 25.3 Å². The summed E-state index contributed by atoms with van der Waals surface area (Å²) >= 11 is 1.48. The van der Waals surface area contributed by atoms with Gasteiger partial charge in [-0.2, -0.15) is 5.10 Å². The SMILES string of the molecule is CCOC(=O)C(C)(C)Sc1ccc(OCCCNCCCCCCCc2nn(C)c(=O)n(C)c2=O)cc1. The Morgan fingerprint density at radius 2 is 1.65 bits per heavy atom. The molecule has 206 valence electrons. The monoisotopic (exact) mass is 534 g/mol.